The highest BCUT2D eigenvalue weighted by Crippen LogP contribution is 2.34. The monoisotopic (exact) mass is 419 g/mol. The maximum atomic E-state index is 12.7. The van der Waals surface area contributed by atoms with E-state index in [0.717, 1.165) is 21.8 Å². The Bertz CT molecular complexity index is 1100. The van der Waals surface area contributed by atoms with E-state index in [1.54, 1.807) is 30.3 Å². The lowest BCUT2D eigenvalue weighted by molar-refractivity contribution is -0.116. The number of fused-ring (bicyclic) bond motifs is 1. The summed E-state index contributed by atoms with van der Waals surface area (Å²) in [5.74, 6) is 0.821. The van der Waals surface area contributed by atoms with Gasteiger partial charge in [0.15, 0.2) is 0 Å². The standard InChI is InChI=1S/C23H21N3O3S/c1-15-5-10-20(29-2)18(12-15)25-22(28)17-8-6-16(7-9-17)13-26-19-4-3-11-24-23(19)30-14-21(26)27/h3-12H,13-14H2,1-2H3,(H,25,28). The maximum Gasteiger partial charge on any atom is 0.255 e. The molecule has 152 valence electrons. The lowest BCUT2D eigenvalue weighted by Gasteiger charge is -2.28. The first-order valence-electron chi connectivity index (χ1n) is 9.48. The van der Waals surface area contributed by atoms with Crippen molar-refractivity contribution < 1.29 is 14.3 Å². The van der Waals surface area contributed by atoms with Gasteiger partial charge in [0, 0.05) is 11.8 Å². The van der Waals surface area contributed by atoms with Gasteiger partial charge in [0.25, 0.3) is 5.91 Å². The molecular formula is C23H21N3O3S. The summed E-state index contributed by atoms with van der Waals surface area (Å²) in [6.45, 7) is 2.39. The number of thioether (sulfide) groups is 1. The Morgan fingerprint density at radius 3 is 2.77 bits per heavy atom. The predicted molar refractivity (Wildman–Crippen MR) is 118 cm³/mol. The summed E-state index contributed by atoms with van der Waals surface area (Å²) >= 11 is 1.46. The molecule has 0 spiro atoms. The van der Waals surface area contributed by atoms with Crippen LogP contribution in [0.4, 0.5) is 11.4 Å². The van der Waals surface area contributed by atoms with Crippen molar-refractivity contribution in [3.8, 4) is 5.75 Å². The van der Waals surface area contributed by atoms with E-state index in [2.05, 4.69) is 10.3 Å². The Balaban J connectivity index is 1.49. The van der Waals surface area contributed by atoms with Crippen molar-refractivity contribution in [1.82, 2.24) is 4.98 Å². The number of nitrogens with zero attached hydrogens (tertiary/aromatic N) is 2. The highest BCUT2D eigenvalue weighted by atomic mass is 32.2. The third-order valence-corrected chi connectivity index (χ3v) is 5.81. The van der Waals surface area contributed by atoms with Gasteiger partial charge in [-0.25, -0.2) is 4.98 Å². The summed E-state index contributed by atoms with van der Waals surface area (Å²) in [5, 5.41) is 3.76. The van der Waals surface area contributed by atoms with E-state index in [4.69, 9.17) is 4.74 Å². The molecule has 1 aromatic heterocycles. The van der Waals surface area contributed by atoms with E-state index in [-0.39, 0.29) is 11.8 Å². The summed E-state index contributed by atoms with van der Waals surface area (Å²) in [7, 11) is 1.57. The minimum atomic E-state index is -0.217. The van der Waals surface area contributed by atoms with Gasteiger partial charge in [0.1, 0.15) is 10.8 Å². The molecule has 7 heteroatoms. The second kappa shape index (κ2) is 8.59. The zero-order valence-electron chi connectivity index (χ0n) is 16.7. The minimum absolute atomic E-state index is 0.0499. The molecule has 0 atom stereocenters. The van der Waals surface area contributed by atoms with Crippen LogP contribution in [0.5, 0.6) is 5.75 Å². The first-order valence-corrected chi connectivity index (χ1v) is 10.5. The summed E-state index contributed by atoms with van der Waals surface area (Å²) in [4.78, 5) is 31.2. The highest BCUT2D eigenvalue weighted by Gasteiger charge is 2.25. The third-order valence-electron chi connectivity index (χ3n) is 4.84. The number of aryl methyl sites for hydroxylation is 1. The van der Waals surface area contributed by atoms with Crippen molar-refractivity contribution in [1.29, 1.82) is 0 Å². The molecule has 3 aromatic rings. The fraction of sp³-hybridized carbons (Fsp3) is 0.174. The van der Waals surface area contributed by atoms with Crippen LogP contribution in [-0.4, -0.2) is 29.7 Å². The van der Waals surface area contributed by atoms with Crippen LogP contribution in [0.25, 0.3) is 0 Å². The molecule has 0 saturated heterocycles. The zero-order valence-corrected chi connectivity index (χ0v) is 17.5. The van der Waals surface area contributed by atoms with Crippen molar-refractivity contribution in [3.63, 3.8) is 0 Å². The molecule has 2 aromatic carbocycles. The molecule has 1 aliphatic heterocycles. The number of aromatic nitrogens is 1. The van der Waals surface area contributed by atoms with E-state index in [1.807, 2.05) is 49.4 Å². The van der Waals surface area contributed by atoms with Gasteiger partial charge in [-0.05, 0) is 54.4 Å². The first kappa shape index (κ1) is 20.0. The number of nitrogens with one attached hydrogen (secondary N) is 1. The molecule has 1 aliphatic rings. The average molecular weight is 420 g/mol. The van der Waals surface area contributed by atoms with Crippen molar-refractivity contribution in [2.24, 2.45) is 0 Å². The Kier molecular flexibility index (Phi) is 5.72. The topological polar surface area (TPSA) is 71.5 Å². The Morgan fingerprint density at radius 2 is 2.00 bits per heavy atom. The highest BCUT2D eigenvalue weighted by molar-refractivity contribution is 8.00. The smallest absolute Gasteiger partial charge is 0.255 e. The number of benzene rings is 2. The predicted octanol–water partition coefficient (Wildman–Crippen LogP) is 4.29. The molecule has 0 bridgehead atoms. The molecule has 0 radical (unpaired) electrons. The Hall–Kier alpha value is -3.32. The minimum Gasteiger partial charge on any atom is -0.495 e. The molecule has 1 N–H and O–H groups in total. The molecule has 0 aliphatic carbocycles. The number of anilines is 2. The maximum absolute atomic E-state index is 12.7. The second-order valence-electron chi connectivity index (χ2n) is 6.95. The van der Waals surface area contributed by atoms with Crippen molar-refractivity contribution >= 4 is 35.0 Å². The van der Waals surface area contributed by atoms with Crippen LogP contribution in [0.3, 0.4) is 0 Å². The van der Waals surface area contributed by atoms with Crippen LogP contribution in [0.1, 0.15) is 21.5 Å². The third kappa shape index (κ3) is 4.16. The van der Waals surface area contributed by atoms with Crippen molar-refractivity contribution in [3.05, 3.63) is 77.5 Å². The number of carbonyl (C=O) groups is 2. The second-order valence-corrected chi connectivity index (χ2v) is 7.92. The SMILES string of the molecule is COc1ccc(C)cc1NC(=O)c1ccc(CN2C(=O)CSc3ncccc32)cc1. The molecule has 2 heterocycles. The van der Waals surface area contributed by atoms with E-state index < -0.39 is 0 Å². The van der Waals surface area contributed by atoms with Crippen LogP contribution < -0.4 is 15.0 Å². The van der Waals surface area contributed by atoms with Gasteiger partial charge in [-0.15, -0.1) is 0 Å². The van der Waals surface area contributed by atoms with Crippen LogP contribution >= 0.6 is 11.8 Å². The van der Waals surface area contributed by atoms with Gasteiger partial charge in [-0.3, -0.25) is 9.59 Å². The van der Waals surface area contributed by atoms with Gasteiger partial charge < -0.3 is 15.0 Å². The zero-order chi connectivity index (χ0) is 21.1. The summed E-state index contributed by atoms with van der Waals surface area (Å²) < 4.78 is 5.32. The van der Waals surface area contributed by atoms with Gasteiger partial charge in [0.2, 0.25) is 5.91 Å². The lowest BCUT2D eigenvalue weighted by atomic mass is 10.1. The van der Waals surface area contributed by atoms with Crippen LogP contribution in [-0.2, 0) is 11.3 Å². The van der Waals surface area contributed by atoms with Crippen LogP contribution in [0.2, 0.25) is 0 Å². The molecular weight excluding hydrogens is 398 g/mol. The van der Waals surface area contributed by atoms with Crippen molar-refractivity contribution in [2.75, 3.05) is 23.1 Å². The van der Waals surface area contributed by atoms with Crippen molar-refractivity contribution in [2.45, 2.75) is 18.5 Å². The Morgan fingerprint density at radius 1 is 1.20 bits per heavy atom. The van der Waals surface area contributed by atoms with Gasteiger partial charge in [0.05, 0.1) is 30.8 Å². The van der Waals surface area contributed by atoms with Crippen LogP contribution in [0, 0.1) is 6.92 Å². The lowest BCUT2D eigenvalue weighted by Crippen LogP contribution is -2.35. The van der Waals surface area contributed by atoms with E-state index in [0.29, 0.717) is 29.3 Å². The van der Waals surface area contributed by atoms with E-state index >= 15 is 0 Å². The van der Waals surface area contributed by atoms with Gasteiger partial charge in [-0.1, -0.05) is 30.0 Å². The van der Waals surface area contributed by atoms with E-state index in [9.17, 15) is 9.59 Å². The number of hydrogen-bond donors (Lipinski definition) is 1. The summed E-state index contributed by atoms with van der Waals surface area (Å²) in [5.41, 5.74) is 3.96. The molecule has 6 nitrogen and oxygen atoms in total. The van der Waals surface area contributed by atoms with E-state index in [1.165, 1.54) is 11.8 Å². The molecule has 2 amide bonds. The number of carbonyl (C=O) groups excluding carboxylic acids is 2. The number of rotatable bonds is 5. The molecule has 30 heavy (non-hydrogen) atoms. The fourth-order valence-electron chi connectivity index (χ4n) is 3.27. The normalized spacial score (nSPS) is 13.0. The Labute approximate surface area is 179 Å². The largest absolute Gasteiger partial charge is 0.495 e. The average Bonchev–Trinajstić information content (AvgIpc) is 2.76. The summed E-state index contributed by atoms with van der Waals surface area (Å²) in [6.07, 6.45) is 1.73. The van der Waals surface area contributed by atoms with Crippen LogP contribution in [0.15, 0.2) is 65.8 Å². The molecule has 0 fully saturated rings. The van der Waals surface area contributed by atoms with Gasteiger partial charge in [-0.2, -0.15) is 0 Å². The fourth-order valence-corrected chi connectivity index (χ4v) is 4.15. The number of pyridine rings is 1. The number of methoxy groups -OCH3 is 1. The first-order chi connectivity index (χ1) is 14.5. The number of amides is 2. The number of hydrogen-bond acceptors (Lipinski definition) is 5. The molecule has 0 unspecified atom stereocenters. The number of ether oxygens (including phenoxy) is 1. The summed E-state index contributed by atoms with van der Waals surface area (Å²) in [6, 6.07) is 16.6. The quantitative estimate of drug-likeness (QED) is 0.668. The van der Waals surface area contributed by atoms with Gasteiger partial charge >= 0.3 is 0 Å². The molecule has 0 saturated carbocycles. The molecule has 4 rings (SSSR count).